The summed E-state index contributed by atoms with van der Waals surface area (Å²) in [6, 6.07) is 16.3. The Labute approximate surface area is 184 Å². The van der Waals surface area contributed by atoms with E-state index in [0.717, 1.165) is 62.5 Å². The molecule has 0 spiro atoms. The fraction of sp³-hybridized carbons (Fsp3) is 0.240. The molecule has 0 saturated heterocycles. The van der Waals surface area contributed by atoms with E-state index in [1.807, 2.05) is 42.5 Å². The molecule has 0 radical (unpaired) electrons. The summed E-state index contributed by atoms with van der Waals surface area (Å²) in [5.74, 6) is 0.217. The zero-order valence-corrected chi connectivity index (χ0v) is 19.2. The topological polar surface area (TPSA) is 17.1 Å². The van der Waals surface area contributed by atoms with Crippen LogP contribution in [0, 0.1) is 0 Å². The van der Waals surface area contributed by atoms with Crippen LogP contribution in [0.15, 0.2) is 80.3 Å². The first kappa shape index (κ1) is 21.0. The molecule has 0 heterocycles. The molecule has 3 heteroatoms. The maximum absolute atomic E-state index is 13.1. The van der Waals surface area contributed by atoms with Crippen LogP contribution in [0.5, 0.6) is 0 Å². The molecule has 28 heavy (non-hydrogen) atoms. The van der Waals surface area contributed by atoms with Crippen LogP contribution < -0.4 is 0 Å². The average molecular weight is 500 g/mol. The number of Topliss-reactive ketones (excluding diaryl/α,β-unsaturated/α-hetero) is 1. The Kier molecular flexibility index (Phi) is 7.64. The van der Waals surface area contributed by atoms with Crippen LogP contribution in [0.4, 0.5) is 0 Å². The maximum atomic E-state index is 13.1. The van der Waals surface area contributed by atoms with E-state index in [9.17, 15) is 4.79 Å². The number of carbonyl (C=O) groups excluding carboxylic acids is 1. The lowest BCUT2D eigenvalue weighted by Crippen LogP contribution is -2.00. The number of hydrogen-bond donors (Lipinski definition) is 0. The van der Waals surface area contributed by atoms with E-state index >= 15 is 0 Å². The van der Waals surface area contributed by atoms with Crippen LogP contribution in [0.3, 0.4) is 0 Å². The predicted octanol–water partition coefficient (Wildman–Crippen LogP) is 8.16. The third-order valence-corrected chi connectivity index (χ3v) is 5.98. The minimum Gasteiger partial charge on any atom is -0.289 e. The van der Waals surface area contributed by atoms with Crippen LogP contribution in [-0.2, 0) is 4.79 Å². The molecule has 1 nitrogen and oxygen atoms in total. The van der Waals surface area contributed by atoms with E-state index in [-0.39, 0.29) is 5.78 Å². The van der Waals surface area contributed by atoms with Gasteiger partial charge in [0.15, 0.2) is 5.78 Å². The second-order valence-electron chi connectivity index (χ2n) is 7.07. The normalized spacial score (nSPS) is 16.0. The third-order valence-electron chi connectivity index (χ3n) is 4.92. The van der Waals surface area contributed by atoms with Gasteiger partial charge in [-0.05, 0) is 59.9 Å². The van der Waals surface area contributed by atoms with Gasteiger partial charge in [-0.2, -0.15) is 0 Å². The number of carbonyl (C=O) groups is 1. The van der Waals surface area contributed by atoms with Crippen LogP contribution >= 0.6 is 31.9 Å². The van der Waals surface area contributed by atoms with Crippen LogP contribution in [0.2, 0.25) is 0 Å². The van der Waals surface area contributed by atoms with Gasteiger partial charge in [0, 0.05) is 26.5 Å². The lowest BCUT2D eigenvalue weighted by Gasteiger charge is -2.02. The van der Waals surface area contributed by atoms with Crippen molar-refractivity contribution in [1.82, 2.24) is 0 Å². The standard InChI is InChI=1S/C25H24Br2O/c1-2-3-4-5-24-20(11-6-18-7-12-22(26)13-8-18)17-21(25(24)28)16-19-9-14-23(27)15-10-19/h6-16H,2-5,17H2,1H3/b11-6+,21-16-. The number of benzene rings is 2. The van der Waals surface area contributed by atoms with E-state index < -0.39 is 0 Å². The highest BCUT2D eigenvalue weighted by Gasteiger charge is 2.25. The van der Waals surface area contributed by atoms with Gasteiger partial charge in [-0.15, -0.1) is 0 Å². The molecule has 0 atom stereocenters. The highest BCUT2D eigenvalue weighted by molar-refractivity contribution is 9.10. The van der Waals surface area contributed by atoms with Gasteiger partial charge in [-0.3, -0.25) is 4.79 Å². The Bertz CT molecular complexity index is 916. The number of halogens is 2. The van der Waals surface area contributed by atoms with E-state index in [4.69, 9.17) is 0 Å². The molecule has 144 valence electrons. The van der Waals surface area contributed by atoms with Crippen molar-refractivity contribution in [2.24, 2.45) is 0 Å². The molecule has 0 N–H and O–H groups in total. The van der Waals surface area contributed by atoms with E-state index in [1.54, 1.807) is 0 Å². The number of unbranched alkanes of at least 4 members (excludes halogenated alkanes) is 2. The monoisotopic (exact) mass is 498 g/mol. The molecule has 3 rings (SSSR count). The van der Waals surface area contributed by atoms with Crippen molar-refractivity contribution in [3.05, 3.63) is 91.4 Å². The van der Waals surface area contributed by atoms with Crippen LogP contribution in [0.1, 0.15) is 50.2 Å². The first-order valence-electron chi connectivity index (χ1n) is 9.73. The summed E-state index contributed by atoms with van der Waals surface area (Å²) in [6.45, 7) is 2.19. The summed E-state index contributed by atoms with van der Waals surface area (Å²) >= 11 is 6.93. The smallest absolute Gasteiger partial charge is 0.185 e. The molecule has 2 aromatic rings. The van der Waals surface area contributed by atoms with Crippen molar-refractivity contribution >= 4 is 49.8 Å². The summed E-state index contributed by atoms with van der Waals surface area (Å²) in [7, 11) is 0. The van der Waals surface area contributed by atoms with Crippen molar-refractivity contribution in [1.29, 1.82) is 0 Å². The van der Waals surface area contributed by atoms with Gasteiger partial charge in [0.1, 0.15) is 0 Å². The fourth-order valence-electron chi connectivity index (χ4n) is 3.36. The average Bonchev–Trinajstić information content (AvgIpc) is 2.98. The summed E-state index contributed by atoms with van der Waals surface area (Å²) < 4.78 is 2.11. The Hall–Kier alpha value is -1.71. The summed E-state index contributed by atoms with van der Waals surface area (Å²) in [4.78, 5) is 13.1. The minimum absolute atomic E-state index is 0.217. The highest BCUT2D eigenvalue weighted by Crippen LogP contribution is 2.34. The van der Waals surface area contributed by atoms with Crippen molar-refractivity contribution < 1.29 is 4.79 Å². The Balaban J connectivity index is 1.84. The molecule has 2 aromatic carbocycles. The zero-order chi connectivity index (χ0) is 19.9. The maximum Gasteiger partial charge on any atom is 0.185 e. The Morgan fingerprint density at radius 1 is 0.857 bits per heavy atom. The Morgan fingerprint density at radius 2 is 1.46 bits per heavy atom. The molecule has 0 saturated carbocycles. The lowest BCUT2D eigenvalue weighted by atomic mass is 10.0. The largest absolute Gasteiger partial charge is 0.289 e. The van der Waals surface area contributed by atoms with Crippen LogP contribution in [-0.4, -0.2) is 5.78 Å². The third kappa shape index (κ3) is 5.65. The summed E-state index contributed by atoms with van der Waals surface area (Å²) in [6.07, 6.45) is 11.2. The van der Waals surface area contributed by atoms with Gasteiger partial charge in [0.2, 0.25) is 0 Å². The van der Waals surface area contributed by atoms with Crippen LogP contribution in [0.25, 0.3) is 12.2 Å². The van der Waals surface area contributed by atoms with Crippen molar-refractivity contribution in [2.75, 3.05) is 0 Å². The van der Waals surface area contributed by atoms with Gasteiger partial charge < -0.3 is 0 Å². The first-order chi connectivity index (χ1) is 13.6. The van der Waals surface area contributed by atoms with E-state index in [0.29, 0.717) is 6.42 Å². The molecule has 1 aliphatic carbocycles. The summed E-state index contributed by atoms with van der Waals surface area (Å²) in [5.41, 5.74) is 5.25. The SMILES string of the molecule is CCCCCC1=C(/C=C/c2ccc(Br)cc2)C/C(=C/c2ccc(Br)cc2)C1=O. The Morgan fingerprint density at radius 3 is 2.07 bits per heavy atom. The number of hydrogen-bond acceptors (Lipinski definition) is 1. The molecular weight excluding hydrogens is 476 g/mol. The van der Waals surface area contributed by atoms with Gasteiger partial charge in [-0.1, -0.05) is 88.0 Å². The van der Waals surface area contributed by atoms with Crippen molar-refractivity contribution in [3.63, 3.8) is 0 Å². The van der Waals surface area contributed by atoms with E-state index in [2.05, 4.69) is 63.1 Å². The number of allylic oxidation sites excluding steroid dienone is 4. The van der Waals surface area contributed by atoms with Gasteiger partial charge in [0.05, 0.1) is 0 Å². The summed E-state index contributed by atoms with van der Waals surface area (Å²) in [5, 5.41) is 0. The molecule has 0 aliphatic heterocycles. The zero-order valence-electron chi connectivity index (χ0n) is 16.1. The fourth-order valence-corrected chi connectivity index (χ4v) is 3.89. The molecule has 0 amide bonds. The predicted molar refractivity (Wildman–Crippen MR) is 126 cm³/mol. The second kappa shape index (κ2) is 10.2. The number of ketones is 1. The molecular formula is C25H24Br2O. The molecule has 1 aliphatic rings. The van der Waals surface area contributed by atoms with Crippen molar-refractivity contribution in [3.8, 4) is 0 Å². The quantitative estimate of drug-likeness (QED) is 0.277. The van der Waals surface area contributed by atoms with Gasteiger partial charge in [-0.25, -0.2) is 0 Å². The lowest BCUT2D eigenvalue weighted by molar-refractivity contribution is -0.112. The first-order valence-corrected chi connectivity index (χ1v) is 11.3. The minimum atomic E-state index is 0.217. The molecule has 0 aromatic heterocycles. The van der Waals surface area contributed by atoms with Crippen molar-refractivity contribution in [2.45, 2.75) is 39.0 Å². The molecule has 0 fully saturated rings. The molecule has 0 unspecified atom stereocenters. The van der Waals surface area contributed by atoms with E-state index in [1.165, 1.54) is 0 Å². The molecule has 0 bridgehead atoms. The highest BCUT2D eigenvalue weighted by atomic mass is 79.9. The second-order valence-corrected chi connectivity index (χ2v) is 8.90. The van der Waals surface area contributed by atoms with Gasteiger partial charge in [0.25, 0.3) is 0 Å². The van der Waals surface area contributed by atoms with Gasteiger partial charge >= 0.3 is 0 Å². The number of rotatable bonds is 7.